The van der Waals surface area contributed by atoms with Crippen LogP contribution in [0.2, 0.25) is 0 Å². The zero-order valence-electron chi connectivity index (χ0n) is 14.5. The molecule has 1 aromatic heterocycles. The van der Waals surface area contributed by atoms with Crippen molar-refractivity contribution in [3.05, 3.63) is 36.0 Å². The Morgan fingerprint density at radius 1 is 1.26 bits per heavy atom. The summed E-state index contributed by atoms with van der Waals surface area (Å²) in [5.41, 5.74) is 2.58. The molecule has 1 aromatic carbocycles. The number of nitrogens with one attached hydrogen (secondary N) is 2. The molecule has 0 radical (unpaired) electrons. The third kappa shape index (κ3) is 3.50. The molecule has 3 nitrogen and oxygen atoms in total. The number of ketones is 1. The van der Waals surface area contributed by atoms with E-state index in [-0.39, 0.29) is 11.5 Å². The van der Waals surface area contributed by atoms with Crippen molar-refractivity contribution in [2.24, 2.45) is 11.8 Å². The topological polar surface area (TPSA) is 44.9 Å². The zero-order valence-corrected chi connectivity index (χ0v) is 14.5. The summed E-state index contributed by atoms with van der Waals surface area (Å²) in [4.78, 5) is 15.4. The highest BCUT2D eigenvalue weighted by Gasteiger charge is 2.35. The first kappa shape index (κ1) is 16.3. The Kier molecular flexibility index (Phi) is 4.58. The SMILES string of the molecule is C[C@H]1CC[C@H](C(C)(C)NCCc2c[nH]c3ccccc23)CC1=O. The van der Waals surface area contributed by atoms with E-state index in [4.69, 9.17) is 0 Å². The predicted octanol–water partition coefficient (Wildman–Crippen LogP) is 4.08. The molecule has 0 aliphatic heterocycles. The number of fused-ring (bicyclic) bond motifs is 1. The average Bonchev–Trinajstić information content (AvgIpc) is 2.93. The van der Waals surface area contributed by atoms with E-state index in [1.807, 2.05) is 0 Å². The van der Waals surface area contributed by atoms with Gasteiger partial charge in [0.15, 0.2) is 0 Å². The second kappa shape index (κ2) is 6.48. The Hall–Kier alpha value is -1.61. The minimum absolute atomic E-state index is 0.0158. The van der Waals surface area contributed by atoms with Gasteiger partial charge in [-0.25, -0.2) is 0 Å². The van der Waals surface area contributed by atoms with Gasteiger partial charge in [0.2, 0.25) is 0 Å². The third-order valence-electron chi connectivity index (χ3n) is 5.62. The van der Waals surface area contributed by atoms with Crippen LogP contribution >= 0.6 is 0 Å². The van der Waals surface area contributed by atoms with Crippen LogP contribution in [0.1, 0.15) is 45.6 Å². The molecule has 1 saturated carbocycles. The Bertz CT molecular complexity index is 686. The number of rotatable bonds is 5. The van der Waals surface area contributed by atoms with E-state index in [0.29, 0.717) is 11.7 Å². The van der Waals surface area contributed by atoms with Gasteiger partial charge in [-0.15, -0.1) is 0 Å². The Morgan fingerprint density at radius 2 is 2.04 bits per heavy atom. The van der Waals surface area contributed by atoms with Crippen molar-refractivity contribution in [3.63, 3.8) is 0 Å². The largest absolute Gasteiger partial charge is 0.361 e. The summed E-state index contributed by atoms with van der Waals surface area (Å²) in [5.74, 6) is 1.15. The molecule has 2 aromatic rings. The number of aromatic amines is 1. The summed E-state index contributed by atoms with van der Waals surface area (Å²) in [6.45, 7) is 7.50. The van der Waals surface area contributed by atoms with Crippen LogP contribution in [0.3, 0.4) is 0 Å². The highest BCUT2D eigenvalue weighted by atomic mass is 16.1. The standard InChI is InChI=1S/C20H28N2O/c1-14-8-9-16(12-19(14)23)20(2,3)22-11-10-15-13-21-18-7-5-4-6-17(15)18/h4-7,13-14,16,21-22H,8-12H2,1-3H3/t14-,16-/m0/s1. The van der Waals surface area contributed by atoms with E-state index in [1.54, 1.807) is 0 Å². The monoisotopic (exact) mass is 312 g/mol. The normalized spacial score (nSPS) is 22.7. The molecule has 1 aliphatic carbocycles. The number of aromatic nitrogens is 1. The van der Waals surface area contributed by atoms with Crippen LogP contribution in [-0.2, 0) is 11.2 Å². The summed E-state index contributed by atoms with van der Waals surface area (Å²) in [6, 6.07) is 8.44. The van der Waals surface area contributed by atoms with Crippen LogP contribution in [-0.4, -0.2) is 22.9 Å². The fraction of sp³-hybridized carbons (Fsp3) is 0.550. The van der Waals surface area contributed by atoms with Gasteiger partial charge in [0.05, 0.1) is 0 Å². The quantitative estimate of drug-likeness (QED) is 0.873. The Labute approximate surface area is 138 Å². The molecular weight excluding hydrogens is 284 g/mol. The number of benzene rings is 1. The number of carbonyl (C=O) groups excluding carboxylic acids is 1. The lowest BCUT2D eigenvalue weighted by molar-refractivity contribution is -0.126. The van der Waals surface area contributed by atoms with E-state index in [1.165, 1.54) is 16.5 Å². The van der Waals surface area contributed by atoms with Crippen LogP contribution in [0.25, 0.3) is 10.9 Å². The first-order valence-electron chi connectivity index (χ1n) is 8.80. The first-order valence-corrected chi connectivity index (χ1v) is 8.80. The van der Waals surface area contributed by atoms with Crippen molar-refractivity contribution in [1.29, 1.82) is 0 Å². The maximum absolute atomic E-state index is 12.0. The number of para-hydroxylation sites is 1. The molecule has 2 N–H and O–H groups in total. The fourth-order valence-corrected chi connectivity index (χ4v) is 3.78. The second-order valence-electron chi connectivity index (χ2n) is 7.60. The maximum Gasteiger partial charge on any atom is 0.136 e. The molecule has 1 heterocycles. The molecule has 1 aliphatic rings. The first-order chi connectivity index (χ1) is 11.0. The van der Waals surface area contributed by atoms with Gasteiger partial charge in [-0.3, -0.25) is 4.79 Å². The maximum atomic E-state index is 12.0. The molecule has 0 amide bonds. The molecule has 0 spiro atoms. The Balaban J connectivity index is 1.58. The van der Waals surface area contributed by atoms with Crippen LogP contribution < -0.4 is 5.32 Å². The van der Waals surface area contributed by atoms with Crippen molar-refractivity contribution in [2.45, 2.75) is 52.0 Å². The van der Waals surface area contributed by atoms with Gasteiger partial charge in [0.1, 0.15) is 5.78 Å². The van der Waals surface area contributed by atoms with Gasteiger partial charge in [0, 0.05) is 35.0 Å². The van der Waals surface area contributed by atoms with E-state index in [0.717, 1.165) is 32.2 Å². The van der Waals surface area contributed by atoms with Gasteiger partial charge in [-0.1, -0.05) is 25.1 Å². The van der Waals surface area contributed by atoms with Crippen molar-refractivity contribution >= 4 is 16.7 Å². The van der Waals surface area contributed by atoms with E-state index >= 15 is 0 Å². The second-order valence-corrected chi connectivity index (χ2v) is 7.60. The molecule has 124 valence electrons. The molecular formula is C20H28N2O. The summed E-state index contributed by atoms with van der Waals surface area (Å²) < 4.78 is 0. The lowest BCUT2D eigenvalue weighted by Crippen LogP contribution is -2.49. The van der Waals surface area contributed by atoms with Crippen molar-refractivity contribution in [2.75, 3.05) is 6.54 Å². The van der Waals surface area contributed by atoms with Crippen LogP contribution in [0.5, 0.6) is 0 Å². The molecule has 2 atom stereocenters. The summed E-state index contributed by atoms with van der Waals surface area (Å²) in [7, 11) is 0. The highest BCUT2D eigenvalue weighted by molar-refractivity contribution is 5.83. The van der Waals surface area contributed by atoms with E-state index in [2.05, 4.69) is 61.5 Å². The van der Waals surface area contributed by atoms with Crippen LogP contribution in [0.4, 0.5) is 0 Å². The van der Waals surface area contributed by atoms with Gasteiger partial charge < -0.3 is 10.3 Å². The van der Waals surface area contributed by atoms with Gasteiger partial charge in [-0.05, 0) is 57.2 Å². The number of hydrogen-bond acceptors (Lipinski definition) is 2. The summed E-state index contributed by atoms with van der Waals surface area (Å²) >= 11 is 0. The molecule has 3 rings (SSSR count). The molecule has 23 heavy (non-hydrogen) atoms. The van der Waals surface area contributed by atoms with Gasteiger partial charge in [-0.2, -0.15) is 0 Å². The average molecular weight is 312 g/mol. The van der Waals surface area contributed by atoms with Gasteiger partial charge in [0.25, 0.3) is 0 Å². The number of Topliss-reactive ketones (excluding diaryl/α,β-unsaturated/α-hetero) is 1. The van der Waals surface area contributed by atoms with Gasteiger partial charge >= 0.3 is 0 Å². The van der Waals surface area contributed by atoms with Crippen molar-refractivity contribution in [3.8, 4) is 0 Å². The summed E-state index contributed by atoms with van der Waals surface area (Å²) in [5, 5.41) is 5.01. The third-order valence-corrected chi connectivity index (χ3v) is 5.62. The molecule has 3 heteroatoms. The molecule has 0 unspecified atom stereocenters. The zero-order chi connectivity index (χ0) is 16.4. The van der Waals surface area contributed by atoms with E-state index < -0.39 is 0 Å². The van der Waals surface area contributed by atoms with E-state index in [9.17, 15) is 4.79 Å². The molecule has 1 fully saturated rings. The smallest absolute Gasteiger partial charge is 0.136 e. The molecule has 0 bridgehead atoms. The number of H-pyrrole nitrogens is 1. The highest BCUT2D eigenvalue weighted by Crippen LogP contribution is 2.33. The number of carbonyl (C=O) groups is 1. The van der Waals surface area contributed by atoms with Crippen LogP contribution in [0.15, 0.2) is 30.5 Å². The van der Waals surface area contributed by atoms with Crippen molar-refractivity contribution < 1.29 is 4.79 Å². The minimum atomic E-state index is 0.0158. The van der Waals surface area contributed by atoms with Crippen molar-refractivity contribution in [1.82, 2.24) is 10.3 Å². The lowest BCUT2D eigenvalue weighted by Gasteiger charge is -2.39. The minimum Gasteiger partial charge on any atom is -0.361 e. The molecule has 0 saturated heterocycles. The predicted molar refractivity (Wildman–Crippen MR) is 95.6 cm³/mol. The van der Waals surface area contributed by atoms with Crippen LogP contribution in [0, 0.1) is 11.8 Å². The fourth-order valence-electron chi connectivity index (χ4n) is 3.78. The summed E-state index contributed by atoms with van der Waals surface area (Å²) in [6.07, 6.45) is 6.04. The Morgan fingerprint density at radius 3 is 2.83 bits per heavy atom. The lowest BCUT2D eigenvalue weighted by atomic mass is 9.73. The number of hydrogen-bond donors (Lipinski definition) is 2.